The first-order chi connectivity index (χ1) is 11.3. The fourth-order valence-electron chi connectivity index (χ4n) is 2.86. The molecule has 3 aromatic heterocycles. The average molecular weight is 323 g/mol. The zero-order chi connectivity index (χ0) is 15.6. The Morgan fingerprint density at radius 3 is 3.00 bits per heavy atom. The topological polar surface area (TPSA) is 67.9 Å². The van der Waals surface area contributed by atoms with E-state index in [-0.39, 0.29) is 0 Å². The number of anilines is 1. The summed E-state index contributed by atoms with van der Waals surface area (Å²) in [5.74, 6) is 1.45. The number of nitrogens with zero attached hydrogens (tertiary/aromatic N) is 4. The second kappa shape index (κ2) is 6.06. The van der Waals surface area contributed by atoms with Crippen LogP contribution in [0.25, 0.3) is 10.7 Å². The molecule has 0 saturated carbocycles. The fraction of sp³-hybridized carbons (Fsp3) is 0.235. The van der Waals surface area contributed by atoms with Gasteiger partial charge in [0.05, 0.1) is 10.6 Å². The minimum absolute atomic E-state index is 0.614. The molecule has 0 radical (unpaired) electrons. The van der Waals surface area contributed by atoms with Gasteiger partial charge in [-0.1, -0.05) is 12.1 Å². The lowest BCUT2D eigenvalue weighted by Gasteiger charge is -2.28. The second-order valence-corrected chi connectivity index (χ2v) is 6.60. The molecule has 0 aromatic carbocycles. The van der Waals surface area contributed by atoms with Gasteiger partial charge in [-0.25, -0.2) is 15.0 Å². The van der Waals surface area contributed by atoms with E-state index in [4.69, 9.17) is 10.7 Å². The SMILES string of the molecule is Nc1ncccc1CN1CCc2nc(-c3cccs3)ncc2C1. The van der Waals surface area contributed by atoms with Crippen LogP contribution in [0.5, 0.6) is 0 Å². The number of thiophene rings is 1. The highest BCUT2D eigenvalue weighted by Crippen LogP contribution is 2.25. The van der Waals surface area contributed by atoms with Gasteiger partial charge in [-0.05, 0) is 17.5 Å². The summed E-state index contributed by atoms with van der Waals surface area (Å²) in [4.78, 5) is 16.9. The Labute approximate surface area is 138 Å². The molecule has 0 spiro atoms. The maximum atomic E-state index is 5.95. The Hall–Kier alpha value is -2.31. The lowest BCUT2D eigenvalue weighted by molar-refractivity contribution is 0.243. The van der Waals surface area contributed by atoms with E-state index in [2.05, 4.69) is 26.3 Å². The summed E-state index contributed by atoms with van der Waals surface area (Å²) in [6.07, 6.45) is 4.64. The van der Waals surface area contributed by atoms with Crippen molar-refractivity contribution in [3.8, 4) is 10.7 Å². The van der Waals surface area contributed by atoms with Crippen molar-refractivity contribution in [1.82, 2.24) is 19.9 Å². The van der Waals surface area contributed by atoms with E-state index in [9.17, 15) is 0 Å². The van der Waals surface area contributed by atoms with Crippen molar-refractivity contribution in [2.45, 2.75) is 19.5 Å². The predicted octanol–water partition coefficient (Wildman–Crippen LogP) is 2.74. The number of fused-ring (bicyclic) bond motifs is 1. The molecule has 4 heterocycles. The average Bonchev–Trinajstić information content (AvgIpc) is 3.11. The number of nitrogen functional groups attached to an aromatic ring is 1. The van der Waals surface area contributed by atoms with Crippen LogP contribution < -0.4 is 5.73 Å². The molecule has 3 aromatic rings. The van der Waals surface area contributed by atoms with Crippen molar-refractivity contribution in [3.05, 3.63) is 58.9 Å². The van der Waals surface area contributed by atoms with Crippen molar-refractivity contribution < 1.29 is 0 Å². The molecule has 1 aliphatic rings. The zero-order valence-corrected chi connectivity index (χ0v) is 13.5. The van der Waals surface area contributed by atoms with Crippen LogP contribution in [-0.4, -0.2) is 26.4 Å². The molecule has 0 saturated heterocycles. The summed E-state index contributed by atoms with van der Waals surface area (Å²) in [7, 11) is 0. The lowest BCUT2D eigenvalue weighted by atomic mass is 10.1. The number of nitrogens with two attached hydrogens (primary N) is 1. The van der Waals surface area contributed by atoms with Gasteiger partial charge in [0, 0.05) is 49.6 Å². The van der Waals surface area contributed by atoms with Gasteiger partial charge in [-0.3, -0.25) is 4.90 Å². The van der Waals surface area contributed by atoms with Gasteiger partial charge in [0.15, 0.2) is 5.82 Å². The van der Waals surface area contributed by atoms with Crippen molar-refractivity contribution in [2.75, 3.05) is 12.3 Å². The van der Waals surface area contributed by atoms with Crippen LogP contribution in [0.1, 0.15) is 16.8 Å². The standard InChI is InChI=1S/C17H17N5S/c18-16-12(3-1-6-19-16)10-22-7-5-14-13(11-22)9-20-17(21-14)15-4-2-8-23-15/h1-4,6,8-9H,5,7,10-11H2,(H2,18,19). The van der Waals surface area contributed by atoms with Gasteiger partial charge >= 0.3 is 0 Å². The third kappa shape index (κ3) is 2.95. The Bertz CT molecular complexity index is 816. The first-order valence-corrected chi connectivity index (χ1v) is 8.48. The first kappa shape index (κ1) is 14.3. The molecule has 0 aliphatic carbocycles. The van der Waals surface area contributed by atoms with Crippen molar-refractivity contribution >= 4 is 17.2 Å². The molecule has 4 rings (SSSR count). The van der Waals surface area contributed by atoms with Crippen LogP contribution in [0.15, 0.2) is 42.0 Å². The summed E-state index contributed by atoms with van der Waals surface area (Å²) >= 11 is 1.67. The molecule has 0 fully saturated rings. The number of rotatable bonds is 3. The monoisotopic (exact) mass is 323 g/mol. The normalized spacial score (nSPS) is 14.6. The van der Waals surface area contributed by atoms with Gasteiger partial charge in [-0.2, -0.15) is 0 Å². The van der Waals surface area contributed by atoms with Crippen molar-refractivity contribution in [3.63, 3.8) is 0 Å². The molecule has 116 valence electrons. The third-order valence-electron chi connectivity index (χ3n) is 4.07. The molecule has 1 aliphatic heterocycles. The van der Waals surface area contributed by atoms with E-state index in [1.807, 2.05) is 24.4 Å². The second-order valence-electron chi connectivity index (χ2n) is 5.65. The Balaban J connectivity index is 1.53. The molecule has 0 bridgehead atoms. The van der Waals surface area contributed by atoms with Gasteiger partial charge in [0.2, 0.25) is 0 Å². The zero-order valence-electron chi connectivity index (χ0n) is 12.6. The highest BCUT2D eigenvalue weighted by molar-refractivity contribution is 7.13. The van der Waals surface area contributed by atoms with Crippen molar-refractivity contribution in [1.29, 1.82) is 0 Å². The minimum atomic E-state index is 0.614. The molecule has 0 unspecified atom stereocenters. The minimum Gasteiger partial charge on any atom is -0.383 e. The van der Waals surface area contributed by atoms with Crippen LogP contribution in [0.4, 0.5) is 5.82 Å². The maximum absolute atomic E-state index is 5.95. The summed E-state index contributed by atoms with van der Waals surface area (Å²) < 4.78 is 0. The van der Waals surface area contributed by atoms with Crippen LogP contribution in [0.3, 0.4) is 0 Å². The van der Waals surface area contributed by atoms with Crippen LogP contribution in [0, 0.1) is 0 Å². The van der Waals surface area contributed by atoms with Crippen LogP contribution in [0.2, 0.25) is 0 Å². The van der Waals surface area contributed by atoms with E-state index >= 15 is 0 Å². The van der Waals surface area contributed by atoms with Crippen LogP contribution >= 0.6 is 11.3 Å². The van der Waals surface area contributed by atoms with Gasteiger partial charge in [0.25, 0.3) is 0 Å². The molecule has 23 heavy (non-hydrogen) atoms. The van der Waals surface area contributed by atoms with Gasteiger partial charge in [-0.15, -0.1) is 11.3 Å². The summed E-state index contributed by atoms with van der Waals surface area (Å²) in [6, 6.07) is 8.06. The maximum Gasteiger partial charge on any atom is 0.169 e. The Kier molecular flexibility index (Phi) is 3.77. The summed E-state index contributed by atoms with van der Waals surface area (Å²) in [5, 5.41) is 2.05. The van der Waals surface area contributed by atoms with Gasteiger partial charge in [0.1, 0.15) is 5.82 Å². The third-order valence-corrected chi connectivity index (χ3v) is 4.94. The number of pyridine rings is 1. The largest absolute Gasteiger partial charge is 0.383 e. The Morgan fingerprint density at radius 1 is 1.22 bits per heavy atom. The number of hydrogen-bond donors (Lipinski definition) is 1. The molecular formula is C17H17N5S. The molecule has 5 nitrogen and oxygen atoms in total. The fourth-order valence-corrected chi connectivity index (χ4v) is 3.52. The summed E-state index contributed by atoms with van der Waals surface area (Å²) in [6.45, 7) is 2.64. The highest BCUT2D eigenvalue weighted by atomic mass is 32.1. The van der Waals surface area contributed by atoms with Crippen LogP contribution in [-0.2, 0) is 19.5 Å². The number of hydrogen-bond acceptors (Lipinski definition) is 6. The van der Waals surface area contributed by atoms with E-state index in [1.165, 1.54) is 11.3 Å². The molecule has 0 atom stereocenters. The molecule has 0 amide bonds. The quantitative estimate of drug-likeness (QED) is 0.803. The predicted molar refractivity (Wildman–Crippen MR) is 91.8 cm³/mol. The van der Waals surface area contributed by atoms with E-state index in [0.717, 1.165) is 42.3 Å². The first-order valence-electron chi connectivity index (χ1n) is 7.60. The lowest BCUT2D eigenvalue weighted by Crippen LogP contribution is -2.31. The van der Waals surface area contributed by atoms with Gasteiger partial charge < -0.3 is 5.73 Å². The Morgan fingerprint density at radius 2 is 2.17 bits per heavy atom. The van der Waals surface area contributed by atoms with E-state index in [0.29, 0.717) is 5.82 Å². The smallest absolute Gasteiger partial charge is 0.169 e. The molecule has 2 N–H and O–H groups in total. The number of aromatic nitrogens is 3. The summed E-state index contributed by atoms with van der Waals surface area (Å²) in [5.41, 5.74) is 9.39. The molecular weight excluding hydrogens is 306 g/mol. The highest BCUT2D eigenvalue weighted by Gasteiger charge is 2.19. The molecule has 6 heteroatoms. The van der Waals surface area contributed by atoms with E-state index in [1.54, 1.807) is 17.5 Å². The van der Waals surface area contributed by atoms with Crippen molar-refractivity contribution in [2.24, 2.45) is 0 Å². The van der Waals surface area contributed by atoms with E-state index < -0.39 is 0 Å².